The molecule has 0 aliphatic heterocycles. The number of aliphatic carboxylic acids is 1. The first-order chi connectivity index (χ1) is 15.7. The molecule has 0 radical (unpaired) electrons. The van der Waals surface area contributed by atoms with E-state index in [1.807, 2.05) is 43.3 Å². The van der Waals surface area contributed by atoms with Crippen LogP contribution < -0.4 is 0 Å². The Kier molecular flexibility index (Phi) is 6.47. The Labute approximate surface area is 192 Å². The molecule has 4 aromatic rings. The lowest BCUT2D eigenvalue weighted by atomic mass is 10.0. The fourth-order valence-corrected chi connectivity index (χ4v) is 5.05. The SMILES string of the molecule is Cc1cc(SC(c2cccc(C(F)(F)F)c2)c2cccc3[nH]cnc23)ccc1CCC(=O)O. The summed E-state index contributed by atoms with van der Waals surface area (Å²) < 4.78 is 40.3. The zero-order chi connectivity index (χ0) is 23.6. The minimum Gasteiger partial charge on any atom is -0.481 e. The van der Waals surface area contributed by atoms with Crippen LogP contribution in [0.25, 0.3) is 11.0 Å². The minimum atomic E-state index is -4.44. The molecule has 0 bridgehead atoms. The number of benzene rings is 3. The number of aryl methyl sites for hydroxylation is 2. The Bertz CT molecular complexity index is 1300. The largest absolute Gasteiger partial charge is 0.481 e. The van der Waals surface area contributed by atoms with Crippen molar-refractivity contribution in [3.63, 3.8) is 0 Å². The first-order valence-corrected chi connectivity index (χ1v) is 11.2. The summed E-state index contributed by atoms with van der Waals surface area (Å²) in [5.41, 5.74) is 4.05. The van der Waals surface area contributed by atoms with Gasteiger partial charge in [0.2, 0.25) is 0 Å². The Balaban J connectivity index is 1.75. The first-order valence-electron chi connectivity index (χ1n) is 10.3. The number of aromatic amines is 1. The van der Waals surface area contributed by atoms with Crippen molar-refractivity contribution in [2.24, 2.45) is 0 Å². The summed E-state index contributed by atoms with van der Waals surface area (Å²) in [4.78, 5) is 19.2. The van der Waals surface area contributed by atoms with E-state index in [0.29, 0.717) is 17.5 Å². The van der Waals surface area contributed by atoms with E-state index >= 15 is 0 Å². The third kappa shape index (κ3) is 5.22. The zero-order valence-electron chi connectivity index (χ0n) is 17.7. The molecule has 0 fully saturated rings. The minimum absolute atomic E-state index is 0.0430. The van der Waals surface area contributed by atoms with Gasteiger partial charge in [-0.25, -0.2) is 4.98 Å². The van der Waals surface area contributed by atoms with E-state index in [4.69, 9.17) is 5.11 Å². The van der Waals surface area contributed by atoms with Crippen molar-refractivity contribution >= 4 is 28.8 Å². The van der Waals surface area contributed by atoms with Gasteiger partial charge in [-0.15, -0.1) is 11.8 Å². The molecule has 2 N–H and O–H groups in total. The summed E-state index contributed by atoms with van der Waals surface area (Å²) >= 11 is 1.44. The lowest BCUT2D eigenvalue weighted by molar-refractivity contribution is -0.138. The van der Waals surface area contributed by atoms with Gasteiger partial charge in [0, 0.05) is 11.3 Å². The predicted molar refractivity (Wildman–Crippen MR) is 122 cm³/mol. The Morgan fingerprint density at radius 3 is 2.64 bits per heavy atom. The number of aromatic nitrogens is 2. The number of halogens is 3. The summed E-state index contributed by atoms with van der Waals surface area (Å²) in [7, 11) is 0. The Morgan fingerprint density at radius 2 is 1.91 bits per heavy atom. The average molecular weight is 471 g/mol. The molecule has 0 aliphatic carbocycles. The second-order valence-corrected chi connectivity index (χ2v) is 8.93. The summed E-state index contributed by atoms with van der Waals surface area (Å²) in [5, 5.41) is 8.52. The number of hydrogen-bond acceptors (Lipinski definition) is 3. The maximum Gasteiger partial charge on any atom is 0.416 e. The van der Waals surface area contributed by atoms with Crippen molar-refractivity contribution < 1.29 is 23.1 Å². The van der Waals surface area contributed by atoms with Crippen LogP contribution in [0.5, 0.6) is 0 Å². The van der Waals surface area contributed by atoms with Crippen LogP contribution in [0.2, 0.25) is 0 Å². The van der Waals surface area contributed by atoms with Crippen LogP contribution in [0.4, 0.5) is 13.2 Å². The van der Waals surface area contributed by atoms with Gasteiger partial charge in [0.1, 0.15) is 0 Å². The number of carbonyl (C=O) groups is 1. The fourth-order valence-electron chi connectivity index (χ4n) is 3.79. The molecule has 8 heteroatoms. The van der Waals surface area contributed by atoms with Crippen molar-refractivity contribution in [3.8, 4) is 0 Å². The second kappa shape index (κ2) is 9.31. The molecular weight excluding hydrogens is 449 g/mol. The van der Waals surface area contributed by atoms with Crippen LogP contribution in [0.15, 0.2) is 71.9 Å². The van der Waals surface area contributed by atoms with Crippen LogP contribution in [0.1, 0.15) is 39.5 Å². The monoisotopic (exact) mass is 470 g/mol. The number of carboxylic acid groups (broad SMARTS) is 1. The van der Waals surface area contributed by atoms with E-state index in [9.17, 15) is 18.0 Å². The van der Waals surface area contributed by atoms with Gasteiger partial charge >= 0.3 is 12.1 Å². The van der Waals surface area contributed by atoms with Gasteiger partial charge in [0.15, 0.2) is 0 Å². The topological polar surface area (TPSA) is 66.0 Å². The van der Waals surface area contributed by atoms with Crippen LogP contribution in [-0.2, 0) is 17.4 Å². The van der Waals surface area contributed by atoms with Gasteiger partial charge in [0.05, 0.1) is 28.2 Å². The van der Waals surface area contributed by atoms with Crippen LogP contribution in [0.3, 0.4) is 0 Å². The highest BCUT2D eigenvalue weighted by molar-refractivity contribution is 7.99. The van der Waals surface area contributed by atoms with Crippen LogP contribution >= 0.6 is 11.8 Å². The first kappa shape index (κ1) is 22.9. The van der Waals surface area contributed by atoms with Crippen LogP contribution in [0, 0.1) is 6.92 Å². The summed E-state index contributed by atoms with van der Waals surface area (Å²) in [6.45, 7) is 1.91. The molecule has 1 heterocycles. The molecule has 33 heavy (non-hydrogen) atoms. The third-order valence-corrected chi connectivity index (χ3v) is 6.74. The zero-order valence-corrected chi connectivity index (χ0v) is 18.5. The van der Waals surface area contributed by atoms with Crippen molar-refractivity contribution in [1.82, 2.24) is 9.97 Å². The molecule has 1 aromatic heterocycles. The van der Waals surface area contributed by atoms with Gasteiger partial charge in [-0.3, -0.25) is 4.79 Å². The van der Waals surface area contributed by atoms with Gasteiger partial charge in [-0.05, 0) is 59.9 Å². The lowest BCUT2D eigenvalue weighted by Gasteiger charge is -2.20. The standard InChI is InChI=1S/C25H21F3N2O2S/c1-15-12-19(10-8-16(15)9-11-22(31)32)33-24(17-4-2-5-18(13-17)25(26,27)28)20-6-3-7-21-23(20)30-14-29-21/h2-8,10,12-14,24H,9,11H2,1H3,(H,29,30)(H,31,32). The molecule has 170 valence electrons. The van der Waals surface area contributed by atoms with Crippen molar-refractivity contribution in [3.05, 3.63) is 94.8 Å². The highest BCUT2D eigenvalue weighted by Crippen LogP contribution is 2.44. The third-order valence-electron chi connectivity index (χ3n) is 5.46. The lowest BCUT2D eigenvalue weighted by Crippen LogP contribution is -2.07. The predicted octanol–water partition coefficient (Wildman–Crippen LogP) is 6.79. The molecule has 3 aromatic carbocycles. The maximum atomic E-state index is 13.4. The second-order valence-electron chi connectivity index (χ2n) is 7.75. The van der Waals surface area contributed by atoms with E-state index in [2.05, 4.69) is 9.97 Å². The molecule has 4 nitrogen and oxygen atoms in total. The van der Waals surface area contributed by atoms with E-state index in [1.165, 1.54) is 23.9 Å². The summed E-state index contributed by atoms with van der Waals surface area (Å²) in [6, 6.07) is 16.7. The van der Waals surface area contributed by atoms with E-state index < -0.39 is 23.0 Å². The number of imidazole rings is 1. The molecule has 0 spiro atoms. The highest BCUT2D eigenvalue weighted by Gasteiger charge is 2.31. The van der Waals surface area contributed by atoms with Gasteiger partial charge < -0.3 is 10.1 Å². The summed E-state index contributed by atoms with van der Waals surface area (Å²) in [6.07, 6.45) is -2.40. The molecule has 1 atom stereocenters. The quantitative estimate of drug-likeness (QED) is 0.292. The molecule has 0 saturated heterocycles. The van der Waals surface area contributed by atoms with Gasteiger partial charge in [0.25, 0.3) is 0 Å². The van der Waals surface area contributed by atoms with E-state index in [1.54, 1.807) is 12.4 Å². The number of nitrogens with zero attached hydrogens (tertiary/aromatic N) is 1. The number of fused-ring (bicyclic) bond motifs is 1. The maximum absolute atomic E-state index is 13.4. The number of nitrogens with one attached hydrogen (secondary N) is 1. The van der Waals surface area contributed by atoms with Gasteiger partial charge in [-0.2, -0.15) is 13.2 Å². The normalized spacial score (nSPS) is 12.7. The summed E-state index contributed by atoms with van der Waals surface area (Å²) in [5.74, 6) is -0.857. The molecule has 1 unspecified atom stereocenters. The number of H-pyrrole nitrogens is 1. The van der Waals surface area contributed by atoms with E-state index in [-0.39, 0.29) is 6.42 Å². The Hall–Kier alpha value is -3.26. The number of rotatable bonds is 7. The Morgan fingerprint density at radius 1 is 1.12 bits per heavy atom. The van der Waals surface area contributed by atoms with Crippen molar-refractivity contribution in [2.75, 3.05) is 0 Å². The van der Waals surface area contributed by atoms with Gasteiger partial charge in [-0.1, -0.05) is 36.4 Å². The van der Waals surface area contributed by atoms with E-state index in [0.717, 1.165) is 33.2 Å². The number of carboxylic acids is 1. The number of thioether (sulfide) groups is 1. The van der Waals surface area contributed by atoms with Crippen LogP contribution in [-0.4, -0.2) is 21.0 Å². The smallest absolute Gasteiger partial charge is 0.416 e. The highest BCUT2D eigenvalue weighted by atomic mass is 32.2. The molecule has 0 aliphatic rings. The molecular formula is C25H21F3N2O2S. The molecule has 4 rings (SSSR count). The molecule has 0 saturated carbocycles. The van der Waals surface area contributed by atoms with Crippen molar-refractivity contribution in [2.45, 2.75) is 36.1 Å². The number of hydrogen-bond donors (Lipinski definition) is 2. The average Bonchev–Trinajstić information content (AvgIpc) is 3.25. The molecule has 0 amide bonds. The number of alkyl halides is 3. The van der Waals surface area contributed by atoms with Crippen molar-refractivity contribution in [1.29, 1.82) is 0 Å². The number of para-hydroxylation sites is 1. The fraction of sp³-hybridized carbons (Fsp3) is 0.200.